The summed E-state index contributed by atoms with van der Waals surface area (Å²) in [6.07, 6.45) is 5.58. The Morgan fingerprint density at radius 3 is 2.54 bits per heavy atom. The maximum Gasteiger partial charge on any atom is 0.332 e. The van der Waals surface area contributed by atoms with Crippen LogP contribution < -0.4 is 37.4 Å². The summed E-state index contributed by atoms with van der Waals surface area (Å²) in [7, 11) is 0. The summed E-state index contributed by atoms with van der Waals surface area (Å²) in [5.74, 6) is 0.703. The first-order chi connectivity index (χ1) is 25.2. The molecule has 4 heterocycles. The van der Waals surface area contributed by atoms with Crippen molar-refractivity contribution in [3.63, 3.8) is 0 Å². The standard InChI is InChI=1S/C36H43N9O6S/c1-2-51-24-15-13-21(14-16-24)32-41-29(31(37)47)30-33(44-32)45(36(50)43-30)23-10-8-9-22(19-23)34(48)39-18-7-3-6-17-38-27(46)12-5-4-11-26-28-25(20-52-26)40-35(49)42-28/h8-10,13-16,19,25-26,28H,2-7,11-12,17-18,20H2,1H3,(H2,37,47)(H,38,46)(H,39,48)(H,43,50)(H2,40,42,49)/t25-,26-,28-/m0/s1. The molecular formula is C36H43N9O6S. The number of carbonyl (C=O) groups is 4. The molecule has 0 saturated carbocycles. The number of aromatic nitrogens is 4. The summed E-state index contributed by atoms with van der Waals surface area (Å²) in [5.41, 5.74) is 6.48. The Morgan fingerprint density at radius 2 is 1.77 bits per heavy atom. The summed E-state index contributed by atoms with van der Waals surface area (Å²) in [6.45, 7) is 3.41. The van der Waals surface area contributed by atoms with E-state index in [-0.39, 0.29) is 52.6 Å². The highest BCUT2D eigenvalue weighted by molar-refractivity contribution is 8.00. The van der Waals surface area contributed by atoms with Crippen LogP contribution in [0, 0.1) is 0 Å². The molecule has 15 nitrogen and oxygen atoms in total. The van der Waals surface area contributed by atoms with Gasteiger partial charge in [-0.15, -0.1) is 0 Å². The van der Waals surface area contributed by atoms with Crippen molar-refractivity contribution < 1.29 is 23.9 Å². The van der Waals surface area contributed by atoms with Gasteiger partial charge in [0.2, 0.25) is 5.91 Å². The number of ether oxygens (including phenoxy) is 1. The second-order valence-corrected chi connectivity index (χ2v) is 14.0. The van der Waals surface area contributed by atoms with Gasteiger partial charge in [-0.25, -0.2) is 24.1 Å². The van der Waals surface area contributed by atoms with Gasteiger partial charge in [0.15, 0.2) is 17.2 Å². The van der Waals surface area contributed by atoms with E-state index in [1.807, 2.05) is 18.7 Å². The van der Waals surface area contributed by atoms with Gasteiger partial charge in [0.25, 0.3) is 11.8 Å². The van der Waals surface area contributed by atoms with Crippen LogP contribution in [0.5, 0.6) is 5.75 Å². The first-order valence-electron chi connectivity index (χ1n) is 17.6. The zero-order valence-electron chi connectivity index (χ0n) is 28.9. The second kappa shape index (κ2) is 16.8. The molecule has 2 fully saturated rings. The number of unbranched alkanes of at least 4 members (excludes halogenated alkanes) is 3. The number of rotatable bonds is 17. The Morgan fingerprint density at radius 1 is 0.981 bits per heavy atom. The number of nitrogens with two attached hydrogens (primary N) is 1. The maximum atomic E-state index is 13.2. The van der Waals surface area contributed by atoms with Crippen LogP contribution in [0.15, 0.2) is 53.3 Å². The number of H-pyrrole nitrogens is 1. The summed E-state index contributed by atoms with van der Waals surface area (Å²) >= 11 is 1.88. The Bertz CT molecular complexity index is 2000. The largest absolute Gasteiger partial charge is 0.494 e. The van der Waals surface area contributed by atoms with E-state index in [4.69, 9.17) is 10.5 Å². The van der Waals surface area contributed by atoms with Gasteiger partial charge in [-0.2, -0.15) is 11.8 Å². The number of benzene rings is 2. The Hall–Kier alpha value is -5.38. The third kappa shape index (κ3) is 8.55. The van der Waals surface area contributed by atoms with Crippen molar-refractivity contribution in [3.05, 3.63) is 70.3 Å². The van der Waals surface area contributed by atoms with E-state index in [2.05, 4.69) is 36.2 Å². The number of nitrogens with one attached hydrogen (secondary N) is 5. The van der Waals surface area contributed by atoms with E-state index in [1.54, 1.807) is 48.5 Å². The van der Waals surface area contributed by atoms with Crippen molar-refractivity contribution in [1.82, 2.24) is 40.8 Å². The van der Waals surface area contributed by atoms with Crippen LogP contribution >= 0.6 is 11.8 Å². The number of hydrogen-bond acceptors (Lipinski definition) is 9. The third-order valence-electron chi connectivity index (χ3n) is 9.10. The molecule has 16 heteroatoms. The van der Waals surface area contributed by atoms with Gasteiger partial charge in [0, 0.05) is 41.6 Å². The lowest BCUT2D eigenvalue weighted by molar-refractivity contribution is -0.121. The van der Waals surface area contributed by atoms with E-state index >= 15 is 0 Å². The van der Waals surface area contributed by atoms with E-state index in [9.17, 15) is 24.0 Å². The molecule has 6 rings (SSSR count). The molecule has 2 aliphatic rings. The minimum absolute atomic E-state index is 0.0417. The molecule has 0 unspecified atom stereocenters. The Balaban J connectivity index is 0.969. The van der Waals surface area contributed by atoms with Gasteiger partial charge in [0.05, 0.1) is 24.4 Å². The molecule has 2 aliphatic heterocycles. The topological polar surface area (TPSA) is 215 Å². The van der Waals surface area contributed by atoms with Crippen molar-refractivity contribution >= 4 is 46.7 Å². The van der Waals surface area contributed by atoms with E-state index in [0.717, 1.165) is 44.3 Å². The molecule has 0 spiro atoms. The molecule has 274 valence electrons. The number of fused-ring (bicyclic) bond motifs is 2. The summed E-state index contributed by atoms with van der Waals surface area (Å²) in [5, 5.41) is 12.2. The fraction of sp³-hybridized carbons (Fsp3) is 0.417. The Kier molecular flexibility index (Phi) is 11.7. The van der Waals surface area contributed by atoms with Gasteiger partial charge in [-0.05, 0) is 81.5 Å². The number of imidazole rings is 1. The van der Waals surface area contributed by atoms with E-state index in [1.165, 1.54) is 4.57 Å². The zero-order valence-corrected chi connectivity index (χ0v) is 29.7. The Labute approximate surface area is 304 Å². The van der Waals surface area contributed by atoms with Gasteiger partial charge in [-0.3, -0.25) is 14.4 Å². The second-order valence-electron chi connectivity index (χ2n) is 12.8. The SMILES string of the molecule is CCOc1ccc(-c2nc(C(N)=O)c3[nH]c(=O)n(-c4cccc(C(=O)NCCCCCNC(=O)CCCC[C@@H]5SC[C@@H]6NC(=O)N[C@@H]65)c4)c3n2)cc1. The molecular weight excluding hydrogens is 687 g/mol. The zero-order chi connectivity index (χ0) is 36.6. The van der Waals surface area contributed by atoms with E-state index in [0.29, 0.717) is 53.9 Å². The van der Waals surface area contributed by atoms with Gasteiger partial charge in [0.1, 0.15) is 11.3 Å². The molecule has 0 radical (unpaired) electrons. The molecule has 5 amide bonds. The minimum Gasteiger partial charge on any atom is -0.494 e. The highest BCUT2D eigenvalue weighted by atomic mass is 32.2. The monoisotopic (exact) mass is 729 g/mol. The number of urea groups is 1. The van der Waals surface area contributed by atoms with Crippen LogP contribution in [0.2, 0.25) is 0 Å². The first-order valence-corrected chi connectivity index (χ1v) is 18.7. The number of hydrogen-bond donors (Lipinski definition) is 6. The van der Waals surface area contributed by atoms with Crippen LogP contribution in [-0.2, 0) is 4.79 Å². The quantitative estimate of drug-likeness (QED) is 0.0695. The lowest BCUT2D eigenvalue weighted by Gasteiger charge is -2.16. The van der Waals surface area contributed by atoms with Crippen LogP contribution in [0.25, 0.3) is 28.2 Å². The molecule has 52 heavy (non-hydrogen) atoms. The average Bonchev–Trinajstić information content (AvgIpc) is 3.80. The maximum absolute atomic E-state index is 13.2. The fourth-order valence-electron chi connectivity index (χ4n) is 6.51. The van der Waals surface area contributed by atoms with Crippen LogP contribution in [-0.4, -0.2) is 86.1 Å². The van der Waals surface area contributed by atoms with Crippen LogP contribution in [0.3, 0.4) is 0 Å². The molecule has 0 aliphatic carbocycles. The molecule has 7 N–H and O–H groups in total. The average molecular weight is 730 g/mol. The minimum atomic E-state index is -0.827. The van der Waals surface area contributed by atoms with E-state index < -0.39 is 11.6 Å². The third-order valence-corrected chi connectivity index (χ3v) is 10.6. The highest BCUT2D eigenvalue weighted by Crippen LogP contribution is 2.33. The summed E-state index contributed by atoms with van der Waals surface area (Å²) in [6, 6.07) is 13.9. The van der Waals surface area contributed by atoms with Crippen molar-refractivity contribution in [3.8, 4) is 22.8 Å². The summed E-state index contributed by atoms with van der Waals surface area (Å²) < 4.78 is 6.79. The molecule has 2 aromatic carbocycles. The number of amides is 5. The lowest BCUT2D eigenvalue weighted by Crippen LogP contribution is -2.36. The normalized spacial score (nSPS) is 17.7. The van der Waals surface area contributed by atoms with Gasteiger partial charge < -0.3 is 36.7 Å². The van der Waals surface area contributed by atoms with Crippen molar-refractivity contribution in [2.24, 2.45) is 5.73 Å². The predicted molar refractivity (Wildman–Crippen MR) is 198 cm³/mol. The molecule has 2 aromatic heterocycles. The fourth-order valence-corrected chi connectivity index (χ4v) is 8.05. The lowest BCUT2D eigenvalue weighted by atomic mass is 10.0. The molecule has 0 bridgehead atoms. The molecule has 3 atom stereocenters. The van der Waals surface area contributed by atoms with Crippen LogP contribution in [0.4, 0.5) is 4.79 Å². The van der Waals surface area contributed by atoms with Crippen molar-refractivity contribution in [1.29, 1.82) is 0 Å². The predicted octanol–water partition coefficient (Wildman–Crippen LogP) is 3.02. The summed E-state index contributed by atoms with van der Waals surface area (Å²) in [4.78, 5) is 74.0. The number of aromatic amines is 1. The first kappa shape index (κ1) is 36.4. The number of primary amides is 1. The number of carbonyl (C=O) groups excluding carboxylic acids is 4. The van der Waals surface area contributed by atoms with Crippen molar-refractivity contribution in [2.45, 2.75) is 69.2 Å². The van der Waals surface area contributed by atoms with Crippen molar-refractivity contribution in [2.75, 3.05) is 25.4 Å². The smallest absolute Gasteiger partial charge is 0.332 e. The highest BCUT2D eigenvalue weighted by Gasteiger charge is 2.42. The molecule has 4 aromatic rings. The number of thioether (sulfide) groups is 1. The molecule has 2 saturated heterocycles. The number of nitrogens with zero attached hydrogens (tertiary/aromatic N) is 3. The van der Waals surface area contributed by atoms with Gasteiger partial charge >= 0.3 is 11.7 Å². The van der Waals surface area contributed by atoms with Gasteiger partial charge in [-0.1, -0.05) is 12.5 Å². The van der Waals surface area contributed by atoms with Crippen LogP contribution in [0.1, 0.15) is 72.7 Å².